The zero-order valence-electron chi connectivity index (χ0n) is 9.35. The Balaban J connectivity index is 3.28. The summed E-state index contributed by atoms with van der Waals surface area (Å²) in [5, 5.41) is 10.1. The number of rotatable bonds is 3. The van der Waals surface area contributed by atoms with E-state index in [0.717, 1.165) is 0 Å². The van der Waals surface area contributed by atoms with Crippen LogP contribution in [0.4, 0.5) is 0 Å². The van der Waals surface area contributed by atoms with Crippen LogP contribution in [-0.2, 0) is 10.0 Å². The molecule has 6 heteroatoms. The Bertz CT molecular complexity index is 529. The van der Waals surface area contributed by atoms with Gasteiger partial charge in [0.05, 0.1) is 16.5 Å². The van der Waals surface area contributed by atoms with Crippen molar-refractivity contribution in [3.8, 4) is 6.07 Å². The SMILES string of the molecule is Cc1ccc(C#N)cc1S(=O)(=O)NN(C)C. The van der Waals surface area contributed by atoms with E-state index in [0.29, 0.717) is 11.1 Å². The van der Waals surface area contributed by atoms with Crippen molar-refractivity contribution in [2.24, 2.45) is 0 Å². The molecule has 0 amide bonds. The van der Waals surface area contributed by atoms with Gasteiger partial charge in [-0.3, -0.25) is 0 Å². The molecular weight excluding hydrogens is 226 g/mol. The quantitative estimate of drug-likeness (QED) is 0.785. The summed E-state index contributed by atoms with van der Waals surface area (Å²) in [6, 6.07) is 6.48. The van der Waals surface area contributed by atoms with Crippen molar-refractivity contribution in [3.63, 3.8) is 0 Å². The molecule has 1 rings (SSSR count). The molecule has 0 radical (unpaired) electrons. The molecule has 1 aromatic rings. The first-order chi connectivity index (χ1) is 7.36. The van der Waals surface area contributed by atoms with Gasteiger partial charge >= 0.3 is 0 Å². The molecule has 0 bridgehead atoms. The highest BCUT2D eigenvalue weighted by Crippen LogP contribution is 2.16. The second-order valence-electron chi connectivity index (χ2n) is 3.58. The van der Waals surface area contributed by atoms with Gasteiger partial charge in [-0.05, 0) is 24.6 Å². The van der Waals surface area contributed by atoms with Gasteiger partial charge < -0.3 is 0 Å². The first-order valence-electron chi connectivity index (χ1n) is 4.57. The van der Waals surface area contributed by atoms with Gasteiger partial charge in [0.15, 0.2) is 0 Å². The Morgan fingerprint density at radius 1 is 1.38 bits per heavy atom. The fraction of sp³-hybridized carbons (Fsp3) is 0.300. The number of sulfonamides is 1. The molecule has 0 aliphatic carbocycles. The van der Waals surface area contributed by atoms with E-state index in [1.807, 2.05) is 6.07 Å². The van der Waals surface area contributed by atoms with E-state index in [9.17, 15) is 8.42 Å². The second-order valence-corrected chi connectivity index (χ2v) is 5.21. The van der Waals surface area contributed by atoms with Gasteiger partial charge in [0.25, 0.3) is 10.0 Å². The Morgan fingerprint density at radius 3 is 2.50 bits per heavy atom. The van der Waals surface area contributed by atoms with Crippen LogP contribution in [0.3, 0.4) is 0 Å². The van der Waals surface area contributed by atoms with Gasteiger partial charge in [0.1, 0.15) is 0 Å². The molecule has 16 heavy (non-hydrogen) atoms. The van der Waals surface area contributed by atoms with Gasteiger partial charge in [-0.15, -0.1) is 4.83 Å². The predicted molar refractivity (Wildman–Crippen MR) is 59.9 cm³/mol. The largest absolute Gasteiger partial charge is 0.253 e. The summed E-state index contributed by atoms with van der Waals surface area (Å²) in [4.78, 5) is 2.45. The lowest BCUT2D eigenvalue weighted by molar-refractivity contribution is 0.364. The summed E-state index contributed by atoms with van der Waals surface area (Å²) in [6.45, 7) is 1.69. The smallest absolute Gasteiger partial charge is 0.237 e. The van der Waals surface area contributed by atoms with Crippen molar-refractivity contribution in [2.75, 3.05) is 14.1 Å². The Labute approximate surface area is 95.3 Å². The van der Waals surface area contributed by atoms with Crippen LogP contribution in [0.15, 0.2) is 23.1 Å². The summed E-state index contributed by atoms with van der Waals surface area (Å²) in [7, 11) is -0.429. The topological polar surface area (TPSA) is 73.2 Å². The number of benzene rings is 1. The van der Waals surface area contributed by atoms with Gasteiger partial charge in [0, 0.05) is 14.1 Å². The van der Waals surface area contributed by atoms with Crippen molar-refractivity contribution in [1.82, 2.24) is 9.84 Å². The van der Waals surface area contributed by atoms with Crippen LogP contribution in [0.25, 0.3) is 0 Å². The summed E-state index contributed by atoms with van der Waals surface area (Å²) in [6.07, 6.45) is 0. The Morgan fingerprint density at radius 2 is 2.00 bits per heavy atom. The highest BCUT2D eigenvalue weighted by atomic mass is 32.2. The maximum absolute atomic E-state index is 11.9. The number of hydrogen-bond acceptors (Lipinski definition) is 4. The summed E-state index contributed by atoms with van der Waals surface area (Å²) in [5.74, 6) is 0. The third-order valence-electron chi connectivity index (χ3n) is 1.91. The van der Waals surface area contributed by atoms with E-state index < -0.39 is 10.0 Å². The molecule has 1 aromatic carbocycles. The summed E-state index contributed by atoms with van der Waals surface area (Å²) >= 11 is 0. The number of hydrazine groups is 1. The van der Waals surface area contributed by atoms with E-state index >= 15 is 0 Å². The number of nitrogens with one attached hydrogen (secondary N) is 1. The molecule has 1 N–H and O–H groups in total. The van der Waals surface area contributed by atoms with E-state index in [1.54, 1.807) is 33.2 Å². The Hall–Kier alpha value is -1.42. The van der Waals surface area contributed by atoms with Crippen molar-refractivity contribution in [2.45, 2.75) is 11.8 Å². The van der Waals surface area contributed by atoms with E-state index in [2.05, 4.69) is 4.83 Å². The molecule has 0 aliphatic rings. The highest BCUT2D eigenvalue weighted by Gasteiger charge is 2.17. The first kappa shape index (κ1) is 12.6. The lowest BCUT2D eigenvalue weighted by Crippen LogP contribution is -2.36. The minimum Gasteiger partial charge on any atom is -0.237 e. The molecule has 0 fully saturated rings. The van der Waals surface area contributed by atoms with E-state index in [4.69, 9.17) is 5.26 Å². The van der Waals surface area contributed by atoms with Gasteiger partial charge in [0.2, 0.25) is 0 Å². The third-order valence-corrected chi connectivity index (χ3v) is 3.53. The molecular formula is C10H13N3O2S. The fourth-order valence-corrected chi connectivity index (χ4v) is 2.60. The van der Waals surface area contributed by atoms with E-state index in [1.165, 1.54) is 11.1 Å². The van der Waals surface area contributed by atoms with Crippen LogP contribution in [-0.4, -0.2) is 27.5 Å². The molecule has 0 unspecified atom stereocenters. The lowest BCUT2D eigenvalue weighted by Gasteiger charge is -2.14. The molecule has 0 heterocycles. The molecule has 0 atom stereocenters. The average molecular weight is 239 g/mol. The monoisotopic (exact) mass is 239 g/mol. The van der Waals surface area contributed by atoms with Crippen LogP contribution >= 0.6 is 0 Å². The fourth-order valence-electron chi connectivity index (χ4n) is 1.25. The van der Waals surface area contributed by atoms with Gasteiger partial charge in [-0.2, -0.15) is 5.26 Å². The Kier molecular flexibility index (Phi) is 3.65. The number of hydrogen-bond donors (Lipinski definition) is 1. The molecule has 0 spiro atoms. The van der Waals surface area contributed by atoms with Crippen molar-refractivity contribution in [3.05, 3.63) is 29.3 Å². The molecule has 5 nitrogen and oxygen atoms in total. The number of nitriles is 1. The zero-order valence-corrected chi connectivity index (χ0v) is 10.2. The molecule has 0 saturated heterocycles. The standard InChI is InChI=1S/C10H13N3O2S/c1-8-4-5-9(7-11)6-10(8)16(14,15)12-13(2)3/h4-6,12H,1-3H3. The highest BCUT2D eigenvalue weighted by molar-refractivity contribution is 7.89. The molecule has 0 saturated carbocycles. The van der Waals surface area contributed by atoms with Gasteiger partial charge in [-0.25, -0.2) is 13.4 Å². The van der Waals surface area contributed by atoms with Crippen LogP contribution in [0, 0.1) is 18.3 Å². The van der Waals surface area contributed by atoms with E-state index in [-0.39, 0.29) is 4.90 Å². The second kappa shape index (κ2) is 4.61. The predicted octanol–water partition coefficient (Wildman–Crippen LogP) is 0.622. The lowest BCUT2D eigenvalue weighted by atomic mass is 10.2. The summed E-state index contributed by atoms with van der Waals surface area (Å²) in [5.41, 5.74) is 0.929. The van der Waals surface area contributed by atoms with Crippen LogP contribution in [0.2, 0.25) is 0 Å². The van der Waals surface area contributed by atoms with Crippen LogP contribution < -0.4 is 4.83 Å². The van der Waals surface area contributed by atoms with Crippen molar-refractivity contribution >= 4 is 10.0 Å². The summed E-state index contributed by atoms with van der Waals surface area (Å²) < 4.78 is 23.7. The van der Waals surface area contributed by atoms with Crippen LogP contribution in [0.5, 0.6) is 0 Å². The first-order valence-corrected chi connectivity index (χ1v) is 6.05. The molecule has 86 valence electrons. The number of aryl methyl sites for hydroxylation is 1. The molecule has 0 aromatic heterocycles. The third kappa shape index (κ3) is 2.79. The maximum Gasteiger partial charge on any atom is 0.253 e. The minimum absolute atomic E-state index is 0.125. The van der Waals surface area contributed by atoms with Crippen molar-refractivity contribution in [1.29, 1.82) is 5.26 Å². The maximum atomic E-state index is 11.9. The zero-order chi connectivity index (χ0) is 12.3. The number of nitrogens with zero attached hydrogens (tertiary/aromatic N) is 2. The normalized spacial score (nSPS) is 11.4. The minimum atomic E-state index is -3.60. The van der Waals surface area contributed by atoms with Gasteiger partial charge in [-0.1, -0.05) is 6.07 Å². The average Bonchev–Trinajstić information content (AvgIpc) is 2.16. The van der Waals surface area contributed by atoms with Crippen LogP contribution in [0.1, 0.15) is 11.1 Å². The molecule has 0 aliphatic heterocycles. The van der Waals surface area contributed by atoms with Crippen molar-refractivity contribution < 1.29 is 8.42 Å².